The van der Waals surface area contributed by atoms with Gasteiger partial charge in [-0.15, -0.1) is 6.58 Å². The van der Waals surface area contributed by atoms with Crippen molar-refractivity contribution in [3.8, 4) is 0 Å². The predicted octanol–water partition coefficient (Wildman–Crippen LogP) is 5.28. The highest BCUT2D eigenvalue weighted by molar-refractivity contribution is 6.39. The zero-order chi connectivity index (χ0) is 43.6. The average molecular weight is 848 g/mol. The Morgan fingerprint density at radius 1 is 0.983 bits per heavy atom. The molecule has 4 aliphatic rings. The molecule has 0 spiro atoms. The number of nitrogens with one attached hydrogen (secondary N) is 1. The summed E-state index contributed by atoms with van der Waals surface area (Å²) in [6.45, 7) is 13.6. The minimum atomic E-state index is -2.49. The van der Waals surface area contributed by atoms with E-state index >= 15 is 0 Å². The Kier molecular flexibility index (Phi) is 20.1. The monoisotopic (exact) mass is 848 g/mol. The SMILES string of the molecule is C.C=CC[C@@H]1/C=C(\C)C[C@H](C)C[C@H](OC)[C@H]2O[C@@](O)(C(=O)C(=O)N3CCCC[C@H]3C(=O)O[C@H](/C(C)=C/[C@@H]3CC[C@@H](O)[C@H](OC)C3)[C@H](C)[C@@H](O)C/C1=N/NC)[C@H](C)C[C@@H]2OC. The number of allylic oxidation sites excluding steroid dienone is 4. The van der Waals surface area contributed by atoms with Gasteiger partial charge in [0.1, 0.15) is 18.2 Å². The van der Waals surface area contributed by atoms with Crippen LogP contribution >= 0.6 is 0 Å². The smallest absolute Gasteiger partial charge is 0.329 e. The van der Waals surface area contributed by atoms with Crippen LogP contribution in [-0.2, 0) is 38.1 Å². The molecule has 14 heteroatoms. The quantitative estimate of drug-likeness (QED) is 0.107. The number of hydrogen-bond donors (Lipinski definition) is 4. The Morgan fingerprint density at radius 3 is 2.28 bits per heavy atom. The second-order valence-electron chi connectivity index (χ2n) is 17.6. The van der Waals surface area contributed by atoms with Crippen LogP contribution in [0, 0.1) is 29.6 Å². The molecule has 0 radical (unpaired) electrons. The largest absolute Gasteiger partial charge is 0.456 e. The zero-order valence-electron chi connectivity index (χ0n) is 36.9. The van der Waals surface area contributed by atoms with Crippen LogP contribution < -0.4 is 5.43 Å². The molecule has 0 aromatic heterocycles. The van der Waals surface area contributed by atoms with Crippen molar-refractivity contribution in [1.82, 2.24) is 10.3 Å². The second kappa shape index (κ2) is 23.5. The number of rotatable bonds is 8. The van der Waals surface area contributed by atoms with Gasteiger partial charge in [0.05, 0.1) is 30.5 Å². The highest BCUT2D eigenvalue weighted by atomic mass is 16.7. The van der Waals surface area contributed by atoms with Crippen molar-refractivity contribution in [1.29, 1.82) is 0 Å². The predicted molar refractivity (Wildman–Crippen MR) is 231 cm³/mol. The van der Waals surface area contributed by atoms with Crippen LogP contribution in [0.4, 0.5) is 0 Å². The number of esters is 1. The van der Waals surface area contributed by atoms with E-state index in [-0.39, 0.29) is 57.1 Å². The van der Waals surface area contributed by atoms with E-state index in [4.69, 9.17) is 23.7 Å². The third kappa shape index (κ3) is 12.4. The van der Waals surface area contributed by atoms with Crippen molar-refractivity contribution in [2.75, 3.05) is 34.9 Å². The topological polar surface area (TPSA) is 186 Å². The zero-order valence-corrected chi connectivity index (χ0v) is 36.9. The minimum Gasteiger partial charge on any atom is -0.456 e. The molecule has 14 nitrogen and oxygen atoms in total. The van der Waals surface area contributed by atoms with Crippen LogP contribution in [-0.4, -0.2) is 133 Å². The minimum absolute atomic E-state index is 0. The third-order valence-electron chi connectivity index (χ3n) is 13.2. The number of carbonyl (C=O) groups excluding carboxylic acids is 3. The number of carbonyl (C=O) groups is 3. The maximum absolute atomic E-state index is 14.4. The first kappa shape index (κ1) is 51.4. The van der Waals surface area contributed by atoms with Gasteiger partial charge in [-0.25, -0.2) is 4.79 Å². The van der Waals surface area contributed by atoms with Gasteiger partial charge in [-0.2, -0.15) is 5.10 Å². The number of amides is 1. The fourth-order valence-electron chi connectivity index (χ4n) is 9.71. The van der Waals surface area contributed by atoms with E-state index in [1.165, 1.54) is 4.90 Å². The van der Waals surface area contributed by atoms with E-state index in [1.54, 1.807) is 35.3 Å². The van der Waals surface area contributed by atoms with Crippen LogP contribution in [0.5, 0.6) is 0 Å². The number of cyclic esters (lactones) is 1. The molecule has 3 heterocycles. The number of nitrogens with zero attached hydrogens (tertiary/aromatic N) is 2. The fraction of sp³-hybridized carbons (Fsp3) is 0.783. The lowest BCUT2D eigenvalue weighted by molar-refractivity contribution is -0.302. The van der Waals surface area contributed by atoms with Crippen molar-refractivity contribution in [2.24, 2.45) is 34.7 Å². The molecule has 2 bridgehead atoms. The van der Waals surface area contributed by atoms with Crippen LogP contribution in [0.1, 0.15) is 113 Å². The number of hydrazone groups is 1. The summed E-state index contributed by atoms with van der Waals surface area (Å²) in [6, 6.07) is -1.11. The van der Waals surface area contributed by atoms with Crippen molar-refractivity contribution in [2.45, 2.75) is 167 Å². The first-order chi connectivity index (χ1) is 28.0. The summed E-state index contributed by atoms with van der Waals surface area (Å²) in [5.41, 5.74) is 5.44. The summed E-state index contributed by atoms with van der Waals surface area (Å²) in [7, 11) is 6.40. The standard InChI is InChI=1S/C45H73N3O11.CH4/c1-11-14-32-20-26(2)19-27(3)21-38(56-9)41-39(57-10)23-29(5)45(54,59-41)42(51)43(52)48-18-13-12-15-34(48)44(53)58-40(30(6)36(50)25-33(32)47-46-7)28(4)22-31-16-17-35(49)37(24-31)55-8;/h11,20,22,27,29-32,34-41,46,49-50,54H,1,12-19,21,23-25H2,2-10H3;1H4/b26-20+,28-22+,47-33-;/t27-,29+,30+,31-,32+,34-,35+,36-,37+,38-,39-,40+,41+,45+;/m0./s1. The first-order valence-electron chi connectivity index (χ1n) is 21.6. The average Bonchev–Trinajstić information content (AvgIpc) is 3.21. The van der Waals surface area contributed by atoms with E-state index in [1.807, 2.05) is 26.0 Å². The summed E-state index contributed by atoms with van der Waals surface area (Å²) >= 11 is 0. The van der Waals surface area contributed by atoms with Crippen LogP contribution in [0.15, 0.2) is 41.1 Å². The van der Waals surface area contributed by atoms with E-state index in [2.05, 4.69) is 37.0 Å². The van der Waals surface area contributed by atoms with Gasteiger partial charge in [-0.05, 0) is 95.5 Å². The van der Waals surface area contributed by atoms with E-state index in [9.17, 15) is 29.7 Å². The van der Waals surface area contributed by atoms with Gasteiger partial charge in [0, 0.05) is 64.8 Å². The molecule has 4 N–H and O–H groups in total. The normalized spacial score (nSPS) is 39.9. The Hall–Kier alpha value is -2.98. The van der Waals surface area contributed by atoms with E-state index < -0.39 is 77.9 Å². The number of methoxy groups -OCH3 is 3. The van der Waals surface area contributed by atoms with Crippen LogP contribution in [0.3, 0.4) is 0 Å². The number of fused-ring (bicyclic) bond motifs is 3. The van der Waals surface area contributed by atoms with E-state index in [0.29, 0.717) is 62.7 Å². The number of ether oxygens (including phenoxy) is 5. The molecule has 4 rings (SSSR count). The number of aliphatic hydroxyl groups is 3. The van der Waals surface area contributed by atoms with Gasteiger partial charge in [0.15, 0.2) is 0 Å². The Balaban J connectivity index is 0.00000961. The highest BCUT2D eigenvalue weighted by Crippen LogP contribution is 2.39. The first-order valence-corrected chi connectivity index (χ1v) is 21.6. The van der Waals surface area contributed by atoms with Crippen molar-refractivity contribution < 1.29 is 53.4 Å². The van der Waals surface area contributed by atoms with Crippen LogP contribution in [0.2, 0.25) is 0 Å². The highest BCUT2D eigenvalue weighted by Gasteiger charge is 2.56. The van der Waals surface area contributed by atoms with E-state index in [0.717, 1.165) is 5.57 Å². The molecule has 342 valence electrons. The van der Waals surface area contributed by atoms with Gasteiger partial charge >= 0.3 is 5.97 Å². The molecule has 14 atom stereocenters. The maximum atomic E-state index is 14.4. The summed E-state index contributed by atoms with van der Waals surface area (Å²) in [5.74, 6) is -6.91. The lowest BCUT2D eigenvalue weighted by Gasteiger charge is -2.47. The molecule has 1 aliphatic carbocycles. The second-order valence-corrected chi connectivity index (χ2v) is 17.6. The van der Waals surface area contributed by atoms with Gasteiger partial charge < -0.3 is 49.3 Å². The Morgan fingerprint density at radius 2 is 1.65 bits per heavy atom. The molecule has 0 aromatic rings. The van der Waals surface area contributed by atoms with Crippen LogP contribution in [0.25, 0.3) is 0 Å². The van der Waals surface area contributed by atoms with Gasteiger partial charge in [0.25, 0.3) is 11.7 Å². The van der Waals surface area contributed by atoms with Gasteiger partial charge in [-0.1, -0.05) is 52.0 Å². The molecular formula is C46H77N3O11. The summed E-state index contributed by atoms with van der Waals surface area (Å²) in [5, 5.41) is 39.3. The molecule has 1 saturated carbocycles. The van der Waals surface area contributed by atoms with Gasteiger partial charge in [-0.3, -0.25) is 9.59 Å². The molecule has 60 heavy (non-hydrogen) atoms. The molecule has 2 saturated heterocycles. The maximum Gasteiger partial charge on any atom is 0.329 e. The Bertz CT molecular complexity index is 1530. The summed E-state index contributed by atoms with van der Waals surface area (Å²) in [6.07, 6.45) is 6.60. The van der Waals surface area contributed by atoms with Crippen molar-refractivity contribution >= 4 is 23.4 Å². The number of aliphatic hydroxyl groups excluding tert-OH is 2. The van der Waals surface area contributed by atoms with Gasteiger partial charge in [0.2, 0.25) is 5.79 Å². The Labute approximate surface area is 359 Å². The number of ketones is 1. The summed E-state index contributed by atoms with van der Waals surface area (Å²) < 4.78 is 30.1. The molecular weight excluding hydrogens is 771 g/mol. The van der Waals surface area contributed by atoms with Crippen molar-refractivity contribution in [3.05, 3.63) is 36.0 Å². The third-order valence-corrected chi connectivity index (χ3v) is 13.2. The molecule has 3 aliphatic heterocycles. The molecule has 0 aromatic carbocycles. The molecule has 0 unspecified atom stereocenters. The molecule has 1 amide bonds. The number of Topliss-reactive ketones (excluding diaryl/α,β-unsaturated/α-hetero) is 1. The lowest BCUT2D eigenvalue weighted by atomic mass is 9.81. The number of piperidine rings is 1. The molecule has 3 fully saturated rings. The number of hydrogen-bond acceptors (Lipinski definition) is 13. The fourth-order valence-corrected chi connectivity index (χ4v) is 9.71. The summed E-state index contributed by atoms with van der Waals surface area (Å²) in [4.78, 5) is 44.2. The van der Waals surface area contributed by atoms with Crippen molar-refractivity contribution in [3.63, 3.8) is 0 Å². The lowest BCUT2D eigenvalue weighted by Crippen LogP contribution is -2.64.